The van der Waals surface area contributed by atoms with E-state index in [1.165, 1.54) is 0 Å². The zero-order chi connectivity index (χ0) is 16.0. The number of carbonyl (C=O) groups excluding carboxylic acids is 1. The van der Waals surface area contributed by atoms with E-state index in [-0.39, 0.29) is 17.4 Å². The molecule has 22 heavy (non-hydrogen) atoms. The molecule has 5 nitrogen and oxygen atoms in total. The van der Waals surface area contributed by atoms with E-state index in [0.717, 1.165) is 25.1 Å². The van der Waals surface area contributed by atoms with Gasteiger partial charge in [0.25, 0.3) is 0 Å². The number of ketones is 1. The summed E-state index contributed by atoms with van der Waals surface area (Å²) in [5.74, 6) is 0.137. The van der Waals surface area contributed by atoms with Crippen LogP contribution in [-0.2, 0) is 14.3 Å². The largest absolute Gasteiger partial charge is 0.391 e. The highest BCUT2D eigenvalue weighted by atomic mass is 16.6. The molecule has 0 bridgehead atoms. The fraction of sp³-hybridized carbons (Fsp3) is 0.824. The topological polar surface area (TPSA) is 59.0 Å². The number of carbonyl (C=O) groups is 1. The van der Waals surface area contributed by atoms with E-state index >= 15 is 0 Å². The van der Waals surface area contributed by atoms with Crippen LogP contribution in [0.3, 0.4) is 0 Å². The molecule has 2 saturated heterocycles. The average Bonchev–Trinajstić information content (AvgIpc) is 2.84. The smallest absolute Gasteiger partial charge is 0.158 e. The Bertz CT molecular complexity index is 479. The number of nitrogens with zero attached hydrogens (tertiary/aromatic N) is 1. The molecule has 2 fully saturated rings. The second kappa shape index (κ2) is 5.71. The third-order valence-electron chi connectivity index (χ3n) is 5.37. The molecule has 2 aliphatic heterocycles. The molecule has 1 spiro atoms. The molecule has 5 heteroatoms. The van der Waals surface area contributed by atoms with Gasteiger partial charge in [-0.05, 0) is 24.3 Å². The molecule has 3 aliphatic rings. The van der Waals surface area contributed by atoms with Gasteiger partial charge in [-0.1, -0.05) is 19.9 Å². The van der Waals surface area contributed by atoms with Crippen LogP contribution in [-0.4, -0.2) is 66.4 Å². The molecule has 1 N–H and O–H groups in total. The van der Waals surface area contributed by atoms with Gasteiger partial charge in [0.05, 0.1) is 32.0 Å². The minimum Gasteiger partial charge on any atom is -0.391 e. The Morgan fingerprint density at radius 3 is 2.82 bits per heavy atom. The average molecular weight is 309 g/mol. The molecule has 0 aromatic heterocycles. The first-order valence-corrected chi connectivity index (χ1v) is 8.18. The number of Topliss-reactive ketones (excluding diaryl/α,β-unsaturated/α-hetero) is 1. The zero-order valence-corrected chi connectivity index (χ0v) is 13.8. The standard InChI is InChI=1S/C17H27NO4/c1-12-8-13(15(20)16(2,3)9-14(12)19)18-5-4-17(10-18)11-21-6-7-22-17/h8,13,15,20H,4-7,9-11H2,1-3H3. The molecular weight excluding hydrogens is 282 g/mol. The minimum atomic E-state index is -0.562. The summed E-state index contributed by atoms with van der Waals surface area (Å²) >= 11 is 0. The minimum absolute atomic E-state index is 0.133. The van der Waals surface area contributed by atoms with Crippen molar-refractivity contribution in [1.29, 1.82) is 0 Å². The maximum Gasteiger partial charge on any atom is 0.158 e. The second-order valence-corrected chi connectivity index (χ2v) is 7.68. The summed E-state index contributed by atoms with van der Waals surface area (Å²) in [7, 11) is 0. The third kappa shape index (κ3) is 2.87. The summed E-state index contributed by atoms with van der Waals surface area (Å²) in [4.78, 5) is 14.4. The Morgan fingerprint density at radius 1 is 1.36 bits per heavy atom. The number of hydrogen-bond acceptors (Lipinski definition) is 5. The molecule has 3 rings (SSSR count). The van der Waals surface area contributed by atoms with Crippen LogP contribution in [0.15, 0.2) is 11.6 Å². The van der Waals surface area contributed by atoms with Crippen molar-refractivity contribution in [2.24, 2.45) is 5.41 Å². The van der Waals surface area contributed by atoms with Crippen molar-refractivity contribution in [3.63, 3.8) is 0 Å². The van der Waals surface area contributed by atoms with Crippen molar-refractivity contribution >= 4 is 5.78 Å². The van der Waals surface area contributed by atoms with E-state index in [1.807, 2.05) is 26.8 Å². The van der Waals surface area contributed by atoms with Crippen molar-refractivity contribution in [1.82, 2.24) is 4.90 Å². The number of allylic oxidation sites excluding steroid dienone is 1. The van der Waals surface area contributed by atoms with Gasteiger partial charge in [-0.25, -0.2) is 0 Å². The third-order valence-corrected chi connectivity index (χ3v) is 5.37. The lowest BCUT2D eigenvalue weighted by atomic mass is 9.79. The van der Waals surface area contributed by atoms with Gasteiger partial charge in [-0.2, -0.15) is 0 Å². The van der Waals surface area contributed by atoms with Crippen molar-refractivity contribution in [3.05, 3.63) is 11.6 Å². The second-order valence-electron chi connectivity index (χ2n) is 7.68. The van der Waals surface area contributed by atoms with Crippen LogP contribution >= 0.6 is 0 Å². The van der Waals surface area contributed by atoms with Crippen LogP contribution < -0.4 is 0 Å². The Morgan fingerprint density at radius 2 is 2.14 bits per heavy atom. The molecular formula is C17H27NO4. The first-order chi connectivity index (χ1) is 10.3. The van der Waals surface area contributed by atoms with E-state index in [0.29, 0.717) is 26.2 Å². The molecule has 124 valence electrons. The first-order valence-electron chi connectivity index (χ1n) is 8.18. The summed E-state index contributed by atoms with van der Waals surface area (Å²) < 4.78 is 11.6. The molecule has 0 aromatic rings. The number of ether oxygens (including phenoxy) is 2. The summed E-state index contributed by atoms with van der Waals surface area (Å²) in [6.45, 7) is 9.34. The lowest BCUT2D eigenvalue weighted by molar-refractivity contribution is -0.151. The van der Waals surface area contributed by atoms with Crippen molar-refractivity contribution in [2.45, 2.75) is 51.4 Å². The highest BCUT2D eigenvalue weighted by Crippen LogP contribution is 2.37. The Kier molecular flexibility index (Phi) is 4.18. The first kappa shape index (κ1) is 16.1. The van der Waals surface area contributed by atoms with Gasteiger partial charge in [-0.3, -0.25) is 9.69 Å². The summed E-state index contributed by atoms with van der Waals surface area (Å²) in [6.07, 6.45) is 2.70. The number of aliphatic hydroxyl groups is 1. The lowest BCUT2D eigenvalue weighted by Gasteiger charge is -2.39. The zero-order valence-electron chi connectivity index (χ0n) is 13.8. The van der Waals surface area contributed by atoms with Gasteiger partial charge >= 0.3 is 0 Å². The van der Waals surface area contributed by atoms with Crippen LogP contribution in [0.5, 0.6) is 0 Å². The molecule has 0 amide bonds. The van der Waals surface area contributed by atoms with Crippen LogP contribution in [0, 0.1) is 5.41 Å². The van der Waals surface area contributed by atoms with Crippen LogP contribution in [0.2, 0.25) is 0 Å². The van der Waals surface area contributed by atoms with E-state index in [4.69, 9.17) is 9.47 Å². The van der Waals surface area contributed by atoms with Crippen molar-refractivity contribution in [2.75, 3.05) is 32.9 Å². The van der Waals surface area contributed by atoms with Crippen molar-refractivity contribution < 1.29 is 19.4 Å². The molecule has 2 heterocycles. The quantitative estimate of drug-likeness (QED) is 0.787. The molecule has 0 aromatic carbocycles. The summed E-state index contributed by atoms with van der Waals surface area (Å²) in [5, 5.41) is 10.8. The molecule has 0 saturated carbocycles. The van der Waals surface area contributed by atoms with Crippen molar-refractivity contribution in [3.8, 4) is 0 Å². The Labute approximate surface area is 132 Å². The highest BCUT2D eigenvalue weighted by molar-refractivity contribution is 5.95. The van der Waals surface area contributed by atoms with Gasteiger partial charge in [0.2, 0.25) is 0 Å². The molecule has 3 atom stereocenters. The SMILES string of the molecule is CC1=CC(N2CCC3(COCCO3)C2)C(O)C(C)(C)CC1=O. The maximum absolute atomic E-state index is 12.2. The van der Waals surface area contributed by atoms with E-state index in [1.54, 1.807) is 0 Å². The number of aliphatic hydroxyl groups excluding tert-OH is 1. The van der Waals surface area contributed by atoms with Crippen LogP contribution in [0.25, 0.3) is 0 Å². The number of hydrogen-bond donors (Lipinski definition) is 1. The lowest BCUT2D eigenvalue weighted by Crippen LogP contribution is -2.51. The fourth-order valence-electron chi connectivity index (χ4n) is 3.85. The monoisotopic (exact) mass is 309 g/mol. The fourth-order valence-corrected chi connectivity index (χ4v) is 3.85. The number of rotatable bonds is 1. The van der Waals surface area contributed by atoms with Gasteiger partial charge in [0, 0.05) is 19.5 Å². The van der Waals surface area contributed by atoms with E-state index in [9.17, 15) is 9.90 Å². The Balaban J connectivity index is 1.81. The van der Waals surface area contributed by atoms with E-state index in [2.05, 4.69) is 4.90 Å². The van der Waals surface area contributed by atoms with Crippen LogP contribution in [0.1, 0.15) is 33.6 Å². The predicted molar refractivity (Wildman–Crippen MR) is 82.6 cm³/mol. The van der Waals surface area contributed by atoms with Gasteiger partial charge in [-0.15, -0.1) is 0 Å². The van der Waals surface area contributed by atoms with E-state index < -0.39 is 11.5 Å². The summed E-state index contributed by atoms with van der Waals surface area (Å²) in [6, 6.07) is -0.133. The number of likely N-dealkylation sites (tertiary alicyclic amines) is 1. The molecule has 0 radical (unpaired) electrons. The highest BCUT2D eigenvalue weighted by Gasteiger charge is 2.47. The molecule has 1 aliphatic carbocycles. The van der Waals surface area contributed by atoms with Gasteiger partial charge in [0.1, 0.15) is 5.60 Å². The summed E-state index contributed by atoms with van der Waals surface area (Å²) in [5.41, 5.74) is 0.104. The maximum atomic E-state index is 12.2. The molecule has 3 unspecified atom stereocenters. The van der Waals surface area contributed by atoms with Gasteiger partial charge in [0.15, 0.2) is 5.78 Å². The Hall–Kier alpha value is -0.750. The van der Waals surface area contributed by atoms with Gasteiger partial charge < -0.3 is 14.6 Å². The normalized spacial score (nSPS) is 39.8. The van der Waals surface area contributed by atoms with Crippen LogP contribution in [0.4, 0.5) is 0 Å². The predicted octanol–water partition coefficient (Wildman–Crippen LogP) is 1.15.